The molecular weight excluding hydrogens is 446 g/mol. The molecule has 1 atom stereocenters. The molecule has 0 aliphatic carbocycles. The number of amides is 2. The molecule has 2 aromatic carbocycles. The number of hydrogen-bond acceptors (Lipinski definition) is 5. The van der Waals surface area contributed by atoms with Crippen LogP contribution in [0.25, 0.3) is 0 Å². The van der Waals surface area contributed by atoms with Gasteiger partial charge in [-0.1, -0.05) is 30.3 Å². The SMILES string of the molecule is CSc1cccc(N2C[C@@H](C(=O)NCc3ccccc3CS(=O)(=O)NC(C)C)CC2=O)c1. The van der Waals surface area contributed by atoms with Crippen LogP contribution in [0.5, 0.6) is 0 Å². The van der Waals surface area contributed by atoms with Crippen molar-refractivity contribution in [1.29, 1.82) is 0 Å². The first-order valence-corrected chi connectivity index (χ1v) is 13.3. The van der Waals surface area contributed by atoms with Gasteiger partial charge >= 0.3 is 0 Å². The molecule has 0 radical (unpaired) electrons. The molecule has 0 saturated carbocycles. The highest BCUT2D eigenvalue weighted by atomic mass is 32.2. The third-order valence-corrected chi connectivity index (χ3v) is 7.44. The average molecular weight is 476 g/mol. The zero-order valence-electron chi connectivity index (χ0n) is 18.5. The van der Waals surface area contributed by atoms with Gasteiger partial charge in [0.05, 0.1) is 11.7 Å². The van der Waals surface area contributed by atoms with Gasteiger partial charge in [-0.2, -0.15) is 0 Å². The van der Waals surface area contributed by atoms with Crippen molar-refractivity contribution in [3.05, 3.63) is 59.7 Å². The smallest absolute Gasteiger partial charge is 0.227 e. The minimum Gasteiger partial charge on any atom is -0.352 e. The summed E-state index contributed by atoms with van der Waals surface area (Å²) in [4.78, 5) is 28.0. The minimum atomic E-state index is -3.48. The van der Waals surface area contributed by atoms with Gasteiger partial charge in [-0.15, -0.1) is 11.8 Å². The van der Waals surface area contributed by atoms with Gasteiger partial charge in [0.25, 0.3) is 0 Å². The second-order valence-corrected chi connectivity index (χ2v) is 10.8. The van der Waals surface area contributed by atoms with Crippen LogP contribution in [0, 0.1) is 5.92 Å². The van der Waals surface area contributed by atoms with Crippen LogP contribution in [0.3, 0.4) is 0 Å². The number of benzene rings is 2. The maximum atomic E-state index is 12.8. The monoisotopic (exact) mass is 475 g/mol. The van der Waals surface area contributed by atoms with Gasteiger partial charge in [0.15, 0.2) is 0 Å². The van der Waals surface area contributed by atoms with Crippen LogP contribution in [0.4, 0.5) is 5.69 Å². The first-order chi connectivity index (χ1) is 15.2. The predicted octanol–water partition coefficient (Wildman–Crippen LogP) is 2.91. The van der Waals surface area contributed by atoms with Crippen molar-refractivity contribution in [2.75, 3.05) is 17.7 Å². The highest BCUT2D eigenvalue weighted by Crippen LogP contribution is 2.28. The Bertz CT molecular complexity index is 1090. The third-order valence-electron chi connectivity index (χ3n) is 5.19. The standard InChI is InChI=1S/C23H29N3O4S2/c1-16(2)25-32(29,30)15-18-8-5-4-7-17(18)13-24-23(28)19-11-22(27)26(14-19)20-9-6-10-21(12-20)31-3/h4-10,12,16,19,25H,11,13-15H2,1-3H3,(H,24,28)/t19-/m0/s1. The molecule has 1 saturated heterocycles. The van der Waals surface area contributed by atoms with E-state index in [-0.39, 0.29) is 36.6 Å². The van der Waals surface area contributed by atoms with E-state index in [9.17, 15) is 18.0 Å². The molecule has 2 N–H and O–H groups in total. The Hall–Kier alpha value is -2.36. The van der Waals surface area contributed by atoms with Gasteiger partial charge in [-0.3, -0.25) is 9.59 Å². The van der Waals surface area contributed by atoms with E-state index < -0.39 is 15.9 Å². The van der Waals surface area contributed by atoms with Crippen molar-refractivity contribution in [2.24, 2.45) is 5.92 Å². The zero-order valence-corrected chi connectivity index (χ0v) is 20.1. The van der Waals surface area contributed by atoms with Crippen molar-refractivity contribution in [3.63, 3.8) is 0 Å². The van der Waals surface area contributed by atoms with E-state index in [2.05, 4.69) is 10.0 Å². The number of thioether (sulfide) groups is 1. The highest BCUT2D eigenvalue weighted by Gasteiger charge is 2.35. The maximum Gasteiger partial charge on any atom is 0.227 e. The summed E-state index contributed by atoms with van der Waals surface area (Å²) in [5.74, 6) is -0.882. The minimum absolute atomic E-state index is 0.0744. The van der Waals surface area contributed by atoms with Gasteiger partial charge in [0.1, 0.15) is 0 Å². The van der Waals surface area contributed by atoms with Gasteiger partial charge in [-0.05, 0) is 49.4 Å². The van der Waals surface area contributed by atoms with E-state index >= 15 is 0 Å². The van der Waals surface area contributed by atoms with E-state index in [1.165, 1.54) is 0 Å². The predicted molar refractivity (Wildman–Crippen MR) is 128 cm³/mol. The van der Waals surface area contributed by atoms with Crippen molar-refractivity contribution in [2.45, 2.75) is 43.5 Å². The van der Waals surface area contributed by atoms with Crippen LogP contribution >= 0.6 is 11.8 Å². The summed E-state index contributed by atoms with van der Waals surface area (Å²) >= 11 is 1.60. The Balaban J connectivity index is 1.63. The Labute approximate surface area is 194 Å². The summed E-state index contributed by atoms with van der Waals surface area (Å²) in [7, 11) is -3.48. The molecule has 1 aliphatic rings. The van der Waals surface area contributed by atoms with Crippen molar-refractivity contribution in [3.8, 4) is 0 Å². The molecule has 2 aromatic rings. The van der Waals surface area contributed by atoms with E-state index in [0.29, 0.717) is 12.1 Å². The third kappa shape index (κ3) is 6.34. The van der Waals surface area contributed by atoms with Gasteiger partial charge < -0.3 is 10.2 Å². The Morgan fingerprint density at radius 3 is 2.56 bits per heavy atom. The molecule has 2 amide bonds. The van der Waals surface area contributed by atoms with Crippen LogP contribution in [0.15, 0.2) is 53.4 Å². The number of sulfonamides is 1. The van der Waals surface area contributed by atoms with Crippen LogP contribution in [0.2, 0.25) is 0 Å². The quantitative estimate of drug-likeness (QED) is 0.544. The molecule has 0 spiro atoms. The highest BCUT2D eigenvalue weighted by molar-refractivity contribution is 7.98. The number of nitrogens with one attached hydrogen (secondary N) is 2. The summed E-state index contributed by atoms with van der Waals surface area (Å²) in [5.41, 5.74) is 2.17. The number of hydrogen-bond donors (Lipinski definition) is 2. The Morgan fingerprint density at radius 2 is 1.88 bits per heavy atom. The lowest BCUT2D eigenvalue weighted by atomic mass is 10.1. The molecule has 1 aliphatic heterocycles. The molecule has 9 heteroatoms. The summed E-state index contributed by atoms with van der Waals surface area (Å²) in [6.07, 6.45) is 2.13. The van der Waals surface area contributed by atoms with Crippen LogP contribution in [-0.2, 0) is 31.9 Å². The fraction of sp³-hybridized carbons (Fsp3) is 0.391. The fourth-order valence-electron chi connectivity index (χ4n) is 3.71. The van der Waals surface area contributed by atoms with E-state index in [1.807, 2.05) is 36.6 Å². The number of anilines is 1. The second kappa shape index (κ2) is 10.5. The lowest BCUT2D eigenvalue weighted by molar-refractivity contribution is -0.126. The van der Waals surface area contributed by atoms with Crippen LogP contribution in [0.1, 0.15) is 31.4 Å². The number of rotatable bonds is 9. The molecule has 0 aromatic heterocycles. The van der Waals surface area contributed by atoms with Crippen LogP contribution < -0.4 is 14.9 Å². The second-order valence-electron chi connectivity index (χ2n) is 8.13. The molecular formula is C23H29N3O4S2. The normalized spacial score (nSPS) is 16.6. The number of carbonyl (C=O) groups is 2. The largest absolute Gasteiger partial charge is 0.352 e. The van der Waals surface area contributed by atoms with Gasteiger partial charge in [0.2, 0.25) is 21.8 Å². The summed E-state index contributed by atoms with van der Waals surface area (Å²) < 4.78 is 27.2. The first kappa shape index (κ1) is 24.3. The fourth-order valence-corrected chi connectivity index (χ4v) is 5.66. The molecule has 7 nitrogen and oxygen atoms in total. The number of nitrogens with zero attached hydrogens (tertiary/aromatic N) is 1. The van der Waals surface area contributed by atoms with E-state index in [4.69, 9.17) is 0 Å². The molecule has 0 bridgehead atoms. The Kier molecular flexibility index (Phi) is 7.97. The summed E-state index contributed by atoms with van der Waals surface area (Å²) in [6.45, 7) is 4.08. The molecule has 3 rings (SSSR count). The molecule has 1 fully saturated rings. The summed E-state index contributed by atoms with van der Waals surface area (Å²) in [6, 6.07) is 14.7. The number of carbonyl (C=O) groups excluding carboxylic acids is 2. The van der Waals surface area contributed by atoms with Crippen molar-refractivity contribution in [1.82, 2.24) is 10.0 Å². The van der Waals surface area contributed by atoms with Gasteiger partial charge in [-0.25, -0.2) is 13.1 Å². The van der Waals surface area contributed by atoms with Crippen molar-refractivity contribution < 1.29 is 18.0 Å². The van der Waals surface area contributed by atoms with E-state index in [0.717, 1.165) is 16.1 Å². The van der Waals surface area contributed by atoms with Crippen molar-refractivity contribution >= 4 is 39.3 Å². The van der Waals surface area contributed by atoms with E-state index in [1.54, 1.807) is 48.7 Å². The van der Waals surface area contributed by atoms with Gasteiger partial charge in [0, 0.05) is 36.1 Å². The topological polar surface area (TPSA) is 95.6 Å². The zero-order chi connectivity index (χ0) is 23.3. The summed E-state index contributed by atoms with van der Waals surface area (Å²) in [5, 5.41) is 2.89. The lowest BCUT2D eigenvalue weighted by Gasteiger charge is -2.18. The Morgan fingerprint density at radius 1 is 1.16 bits per heavy atom. The molecule has 1 heterocycles. The lowest BCUT2D eigenvalue weighted by Crippen LogP contribution is -2.33. The first-order valence-electron chi connectivity index (χ1n) is 10.5. The molecule has 172 valence electrons. The van der Waals surface area contributed by atoms with Crippen LogP contribution in [-0.4, -0.2) is 39.1 Å². The molecule has 32 heavy (non-hydrogen) atoms. The maximum absolute atomic E-state index is 12.8. The molecule has 0 unspecified atom stereocenters. The average Bonchev–Trinajstić information content (AvgIpc) is 3.13.